The standard InChI is InChI=1S/C21H24N6O2/c28-20(25-9-1-2-10-25)6-5-17-19-14-26(11-12-27(19)24-23-17)21(29)16-4-3-15-7-8-22-18(15)13-16/h3-4,7-8,13,22H,1-2,5-6,9-12,14H2. The summed E-state index contributed by atoms with van der Waals surface area (Å²) in [6, 6.07) is 7.73. The van der Waals surface area contributed by atoms with Gasteiger partial charge in [-0.1, -0.05) is 11.3 Å². The summed E-state index contributed by atoms with van der Waals surface area (Å²) >= 11 is 0. The van der Waals surface area contributed by atoms with E-state index in [1.807, 2.05) is 44.9 Å². The van der Waals surface area contributed by atoms with Crippen LogP contribution in [0.1, 0.15) is 41.0 Å². The Morgan fingerprint density at radius 3 is 2.76 bits per heavy atom. The second-order valence-corrected chi connectivity index (χ2v) is 7.80. The van der Waals surface area contributed by atoms with E-state index in [1.54, 1.807) is 0 Å². The van der Waals surface area contributed by atoms with Crippen molar-refractivity contribution in [3.05, 3.63) is 47.4 Å². The molecular formula is C21H24N6O2. The Bertz CT molecular complexity index is 1060. The lowest BCUT2D eigenvalue weighted by molar-refractivity contribution is -0.130. The molecular weight excluding hydrogens is 368 g/mol. The predicted octanol–water partition coefficient (Wildman–Crippen LogP) is 1.97. The van der Waals surface area contributed by atoms with E-state index >= 15 is 0 Å². The number of carbonyl (C=O) groups is 2. The number of likely N-dealkylation sites (tertiary alicyclic amines) is 1. The van der Waals surface area contributed by atoms with Gasteiger partial charge < -0.3 is 14.8 Å². The van der Waals surface area contributed by atoms with Gasteiger partial charge in [-0.15, -0.1) is 5.10 Å². The number of carbonyl (C=O) groups excluding carboxylic acids is 2. The molecule has 0 radical (unpaired) electrons. The fraction of sp³-hybridized carbons (Fsp3) is 0.429. The molecule has 1 fully saturated rings. The second kappa shape index (κ2) is 7.35. The molecule has 0 bridgehead atoms. The fourth-order valence-electron chi connectivity index (χ4n) is 4.28. The van der Waals surface area contributed by atoms with Crippen LogP contribution in [0.2, 0.25) is 0 Å². The van der Waals surface area contributed by atoms with Gasteiger partial charge in [0.15, 0.2) is 0 Å². The minimum Gasteiger partial charge on any atom is -0.361 e. The van der Waals surface area contributed by atoms with Crippen LogP contribution >= 0.6 is 0 Å². The largest absolute Gasteiger partial charge is 0.361 e. The van der Waals surface area contributed by atoms with E-state index < -0.39 is 0 Å². The Balaban J connectivity index is 1.29. The molecule has 3 aromatic rings. The van der Waals surface area contributed by atoms with Crippen molar-refractivity contribution in [3.63, 3.8) is 0 Å². The van der Waals surface area contributed by atoms with Crippen LogP contribution in [0.4, 0.5) is 0 Å². The maximum absolute atomic E-state index is 13.0. The topological polar surface area (TPSA) is 87.1 Å². The second-order valence-electron chi connectivity index (χ2n) is 7.80. The first-order valence-corrected chi connectivity index (χ1v) is 10.2. The minimum atomic E-state index is 0.00745. The number of H-pyrrole nitrogens is 1. The first-order chi connectivity index (χ1) is 14.2. The normalized spacial score (nSPS) is 16.4. The van der Waals surface area contributed by atoms with Crippen LogP contribution in [0.3, 0.4) is 0 Å². The van der Waals surface area contributed by atoms with Gasteiger partial charge in [-0.2, -0.15) is 0 Å². The van der Waals surface area contributed by atoms with Gasteiger partial charge in [-0.3, -0.25) is 9.59 Å². The number of benzene rings is 1. The third-order valence-corrected chi connectivity index (χ3v) is 5.96. The Labute approximate surface area is 168 Å². The molecule has 1 N–H and O–H groups in total. The lowest BCUT2D eigenvalue weighted by Gasteiger charge is -2.28. The number of rotatable bonds is 4. The molecule has 2 aromatic heterocycles. The molecule has 8 nitrogen and oxygen atoms in total. The number of aromatic amines is 1. The Morgan fingerprint density at radius 2 is 1.90 bits per heavy atom. The molecule has 150 valence electrons. The average Bonchev–Trinajstić information content (AvgIpc) is 3.51. The average molecular weight is 392 g/mol. The van der Waals surface area contributed by atoms with Gasteiger partial charge in [-0.05, 0) is 36.4 Å². The molecule has 4 heterocycles. The van der Waals surface area contributed by atoms with Crippen LogP contribution in [-0.4, -0.2) is 61.2 Å². The highest BCUT2D eigenvalue weighted by Crippen LogP contribution is 2.21. The van der Waals surface area contributed by atoms with Gasteiger partial charge in [0.1, 0.15) is 0 Å². The minimum absolute atomic E-state index is 0.00745. The van der Waals surface area contributed by atoms with Crippen molar-refractivity contribution >= 4 is 22.7 Å². The molecule has 1 saturated heterocycles. The summed E-state index contributed by atoms with van der Waals surface area (Å²) in [7, 11) is 0. The Kier molecular flexibility index (Phi) is 4.54. The van der Waals surface area contributed by atoms with E-state index in [9.17, 15) is 9.59 Å². The fourth-order valence-corrected chi connectivity index (χ4v) is 4.28. The SMILES string of the molecule is O=C(CCc1nnn2c1CN(C(=O)c1ccc3cc[nH]c3c1)CC2)N1CCCC1. The Morgan fingerprint density at radius 1 is 1.03 bits per heavy atom. The van der Waals surface area contributed by atoms with Crippen molar-refractivity contribution in [1.82, 2.24) is 29.8 Å². The molecule has 2 aliphatic heterocycles. The molecule has 0 atom stereocenters. The molecule has 0 aliphatic carbocycles. The van der Waals surface area contributed by atoms with E-state index in [-0.39, 0.29) is 11.8 Å². The summed E-state index contributed by atoms with van der Waals surface area (Å²) in [6.07, 6.45) is 5.08. The number of hydrogen-bond acceptors (Lipinski definition) is 4. The van der Waals surface area contributed by atoms with Crippen LogP contribution in [0.5, 0.6) is 0 Å². The highest BCUT2D eigenvalue weighted by molar-refractivity contribution is 5.98. The molecule has 1 aromatic carbocycles. The lowest BCUT2D eigenvalue weighted by atomic mass is 10.1. The molecule has 2 amide bonds. The first-order valence-electron chi connectivity index (χ1n) is 10.2. The molecule has 8 heteroatoms. The summed E-state index contributed by atoms with van der Waals surface area (Å²) < 4.78 is 1.87. The van der Waals surface area contributed by atoms with Crippen LogP contribution in [0, 0.1) is 0 Å². The third kappa shape index (κ3) is 3.39. The van der Waals surface area contributed by atoms with Gasteiger partial charge in [0.05, 0.1) is 24.5 Å². The van der Waals surface area contributed by atoms with Crippen molar-refractivity contribution in [2.75, 3.05) is 19.6 Å². The lowest BCUT2D eigenvalue weighted by Crippen LogP contribution is -2.38. The van der Waals surface area contributed by atoms with E-state index in [0.29, 0.717) is 38.0 Å². The molecule has 5 rings (SSSR count). The van der Waals surface area contributed by atoms with Crippen LogP contribution in [0.15, 0.2) is 30.5 Å². The number of aryl methyl sites for hydroxylation is 1. The molecule has 0 unspecified atom stereocenters. The summed E-state index contributed by atoms with van der Waals surface area (Å²) in [4.78, 5) is 32.3. The monoisotopic (exact) mass is 392 g/mol. The molecule has 2 aliphatic rings. The highest BCUT2D eigenvalue weighted by Gasteiger charge is 2.26. The number of nitrogens with zero attached hydrogens (tertiary/aromatic N) is 5. The van der Waals surface area contributed by atoms with Gasteiger partial charge in [-0.25, -0.2) is 4.68 Å². The maximum atomic E-state index is 13.0. The van der Waals surface area contributed by atoms with Gasteiger partial charge in [0.2, 0.25) is 5.91 Å². The van der Waals surface area contributed by atoms with Crippen LogP contribution < -0.4 is 0 Å². The summed E-state index contributed by atoms with van der Waals surface area (Å²) in [5, 5.41) is 9.62. The van der Waals surface area contributed by atoms with Crippen molar-refractivity contribution in [3.8, 4) is 0 Å². The molecule has 0 spiro atoms. The van der Waals surface area contributed by atoms with E-state index in [1.165, 1.54) is 0 Å². The van der Waals surface area contributed by atoms with Gasteiger partial charge >= 0.3 is 0 Å². The molecule has 0 saturated carbocycles. The zero-order valence-corrected chi connectivity index (χ0v) is 16.3. The number of amides is 2. The van der Waals surface area contributed by atoms with E-state index in [4.69, 9.17) is 0 Å². The first kappa shape index (κ1) is 17.9. The van der Waals surface area contributed by atoms with Crippen molar-refractivity contribution in [2.45, 2.75) is 38.8 Å². The number of hydrogen-bond donors (Lipinski definition) is 1. The zero-order valence-electron chi connectivity index (χ0n) is 16.3. The number of nitrogens with one attached hydrogen (secondary N) is 1. The van der Waals surface area contributed by atoms with Crippen LogP contribution in [-0.2, 0) is 24.3 Å². The maximum Gasteiger partial charge on any atom is 0.254 e. The van der Waals surface area contributed by atoms with E-state index in [0.717, 1.165) is 48.2 Å². The summed E-state index contributed by atoms with van der Waals surface area (Å²) in [5.74, 6) is 0.195. The van der Waals surface area contributed by atoms with Crippen molar-refractivity contribution < 1.29 is 9.59 Å². The highest BCUT2D eigenvalue weighted by atomic mass is 16.2. The summed E-state index contributed by atoms with van der Waals surface area (Å²) in [5.41, 5.74) is 3.40. The number of fused-ring (bicyclic) bond motifs is 2. The van der Waals surface area contributed by atoms with Gasteiger partial charge in [0, 0.05) is 49.8 Å². The van der Waals surface area contributed by atoms with Crippen molar-refractivity contribution in [1.29, 1.82) is 0 Å². The Hall–Kier alpha value is -3.16. The third-order valence-electron chi connectivity index (χ3n) is 5.96. The summed E-state index contributed by atoms with van der Waals surface area (Å²) in [6.45, 7) is 3.43. The molecule has 29 heavy (non-hydrogen) atoms. The smallest absolute Gasteiger partial charge is 0.254 e. The van der Waals surface area contributed by atoms with Gasteiger partial charge in [0.25, 0.3) is 5.91 Å². The van der Waals surface area contributed by atoms with Crippen LogP contribution in [0.25, 0.3) is 10.9 Å². The predicted molar refractivity (Wildman–Crippen MR) is 107 cm³/mol. The van der Waals surface area contributed by atoms with Crippen molar-refractivity contribution in [2.24, 2.45) is 0 Å². The quantitative estimate of drug-likeness (QED) is 0.735. The zero-order chi connectivity index (χ0) is 19.8. The van der Waals surface area contributed by atoms with E-state index in [2.05, 4.69) is 15.3 Å². The number of aromatic nitrogens is 4.